The summed E-state index contributed by atoms with van der Waals surface area (Å²) in [6.45, 7) is 5.91. The Morgan fingerprint density at radius 3 is 1.46 bits per heavy atom. The van der Waals surface area contributed by atoms with Crippen molar-refractivity contribution in [3.05, 3.63) is 0 Å². The molecule has 80 valence electrons. The van der Waals surface area contributed by atoms with Gasteiger partial charge in [0.2, 0.25) is 8.32 Å². The molecule has 0 atom stereocenters. The number of hydrogen-bond acceptors (Lipinski definition) is 5. The highest BCUT2D eigenvalue weighted by Gasteiger charge is 2.39. The fourth-order valence-electron chi connectivity index (χ4n) is 1.07. The van der Waals surface area contributed by atoms with E-state index in [1.165, 1.54) is 0 Å². The number of rotatable bonds is 6. The molecule has 0 aromatic heterocycles. The van der Waals surface area contributed by atoms with E-state index in [4.69, 9.17) is 19.0 Å². The summed E-state index contributed by atoms with van der Waals surface area (Å²) in [7, 11) is -6.50. The third-order valence-electron chi connectivity index (χ3n) is 2.26. The Morgan fingerprint density at radius 2 is 1.23 bits per heavy atom. The summed E-state index contributed by atoms with van der Waals surface area (Å²) >= 11 is 0. The van der Waals surface area contributed by atoms with Gasteiger partial charge in [0.15, 0.2) is 0 Å². The van der Waals surface area contributed by atoms with Crippen molar-refractivity contribution in [2.45, 2.75) is 38.9 Å². The second kappa shape index (κ2) is 5.20. The van der Waals surface area contributed by atoms with Gasteiger partial charge in [-0.3, -0.25) is 4.58 Å². The van der Waals surface area contributed by atoms with E-state index in [1.54, 1.807) is 0 Å². The first-order valence-electron chi connectivity index (χ1n) is 4.43. The van der Waals surface area contributed by atoms with Gasteiger partial charge >= 0.3 is 9.05 Å². The summed E-state index contributed by atoms with van der Waals surface area (Å²) in [5.41, 5.74) is 0. The fraction of sp³-hybridized carbons (Fsp3) is 1.00. The molecule has 0 heterocycles. The molecule has 0 spiro atoms. The second-order valence-electron chi connectivity index (χ2n) is 2.98. The third-order valence-corrected chi connectivity index (χ3v) is 7.04. The van der Waals surface area contributed by atoms with Crippen molar-refractivity contribution in [2.75, 3.05) is 0 Å². The average molecular weight is 226 g/mol. The molecule has 0 aliphatic carbocycles. The van der Waals surface area contributed by atoms with Gasteiger partial charge in [-0.2, -0.15) is 0 Å². The molecule has 0 amide bonds. The van der Waals surface area contributed by atoms with E-state index in [0.29, 0.717) is 0 Å². The maximum atomic E-state index is 8.59. The van der Waals surface area contributed by atoms with Crippen LogP contribution in [0, 0.1) is 0 Å². The second-order valence-corrected chi connectivity index (χ2v) is 8.95. The van der Waals surface area contributed by atoms with Crippen LogP contribution >= 0.6 is 0 Å². The fourth-order valence-corrected chi connectivity index (χ4v) is 4.08. The third kappa shape index (κ3) is 4.86. The Hall–Kier alpha value is 0.234. The van der Waals surface area contributed by atoms with Gasteiger partial charge in [-0.15, -0.1) is 0 Å². The van der Waals surface area contributed by atoms with Crippen molar-refractivity contribution in [1.82, 2.24) is 0 Å². The van der Waals surface area contributed by atoms with Gasteiger partial charge in [-0.1, -0.05) is 20.8 Å². The monoisotopic (exact) mass is 226 g/mol. The summed E-state index contributed by atoms with van der Waals surface area (Å²) in [6, 6.07) is 2.47. The van der Waals surface area contributed by atoms with E-state index in [2.05, 4.69) is 4.58 Å². The normalized spacial score (nSPS) is 13.4. The molecule has 0 unspecified atom stereocenters. The van der Waals surface area contributed by atoms with E-state index in [9.17, 15) is 0 Å². The molecule has 0 saturated carbocycles. The minimum atomic E-state index is -4.50. The van der Waals surface area contributed by atoms with Crippen LogP contribution in [0.25, 0.3) is 0 Å². The van der Waals surface area contributed by atoms with Crippen LogP contribution in [0.5, 0.6) is 0 Å². The van der Waals surface area contributed by atoms with Gasteiger partial charge in [0.25, 0.3) is 0 Å². The SMILES string of the molecule is CC[Si](CC)(CC)OO[Si](O)(O)O. The van der Waals surface area contributed by atoms with Gasteiger partial charge in [0, 0.05) is 0 Å². The van der Waals surface area contributed by atoms with E-state index in [0.717, 1.165) is 18.1 Å². The van der Waals surface area contributed by atoms with E-state index in [-0.39, 0.29) is 0 Å². The lowest BCUT2D eigenvalue weighted by atomic mass is 10.9. The molecular formula is C6H18O5Si2. The zero-order valence-corrected chi connectivity index (χ0v) is 10.3. The average Bonchev–Trinajstić information content (AvgIpc) is 2.06. The number of hydrogen-bond donors (Lipinski definition) is 3. The smallest absolute Gasteiger partial charge is 0.366 e. The summed E-state index contributed by atoms with van der Waals surface area (Å²) < 4.78 is 9.23. The largest absolute Gasteiger partial charge is 0.698 e. The molecule has 0 radical (unpaired) electrons. The van der Waals surface area contributed by atoms with Crippen molar-refractivity contribution in [3.8, 4) is 0 Å². The highest BCUT2D eigenvalue weighted by molar-refractivity contribution is 6.73. The Labute approximate surface area is 80.5 Å². The van der Waals surface area contributed by atoms with Crippen molar-refractivity contribution < 1.29 is 23.5 Å². The Kier molecular flexibility index (Phi) is 5.29. The van der Waals surface area contributed by atoms with Crippen molar-refractivity contribution >= 4 is 17.4 Å². The highest BCUT2D eigenvalue weighted by atomic mass is 28.4. The molecule has 7 heteroatoms. The Bertz CT molecular complexity index is 134. The van der Waals surface area contributed by atoms with E-state index < -0.39 is 17.4 Å². The molecule has 0 aromatic carbocycles. The minimum absolute atomic E-state index is 0.824. The predicted molar refractivity (Wildman–Crippen MR) is 51.8 cm³/mol. The first kappa shape index (κ1) is 13.2. The van der Waals surface area contributed by atoms with Crippen LogP contribution in [0.15, 0.2) is 0 Å². The highest BCUT2D eigenvalue weighted by Crippen LogP contribution is 2.22. The quantitative estimate of drug-likeness (QED) is 0.346. The summed E-state index contributed by atoms with van der Waals surface area (Å²) in [5.74, 6) is 0. The summed E-state index contributed by atoms with van der Waals surface area (Å²) in [6.07, 6.45) is 0. The van der Waals surface area contributed by atoms with Gasteiger partial charge in [0.1, 0.15) is 0 Å². The molecule has 0 aliphatic heterocycles. The molecule has 0 aliphatic rings. The zero-order valence-electron chi connectivity index (χ0n) is 8.28. The molecule has 0 bridgehead atoms. The molecule has 0 rings (SSSR count). The maximum absolute atomic E-state index is 8.59. The van der Waals surface area contributed by atoms with Crippen molar-refractivity contribution in [3.63, 3.8) is 0 Å². The first-order chi connectivity index (χ1) is 5.89. The van der Waals surface area contributed by atoms with Crippen LogP contribution < -0.4 is 0 Å². The molecule has 0 saturated heterocycles. The summed E-state index contributed by atoms with van der Waals surface area (Å²) in [4.78, 5) is 25.8. The van der Waals surface area contributed by atoms with Crippen LogP contribution in [0.4, 0.5) is 0 Å². The molecule has 0 aromatic rings. The van der Waals surface area contributed by atoms with E-state index >= 15 is 0 Å². The minimum Gasteiger partial charge on any atom is -0.366 e. The molecule has 0 fully saturated rings. The maximum Gasteiger partial charge on any atom is 0.698 e. The van der Waals surface area contributed by atoms with E-state index in [1.807, 2.05) is 20.8 Å². The standard InChI is InChI=1S/C6H18O5Si2/c1-4-12(5-2,6-3)10-11-13(7,8)9/h7-9H,4-6H2,1-3H3. The Morgan fingerprint density at radius 1 is 0.846 bits per heavy atom. The van der Waals surface area contributed by atoms with Crippen LogP contribution in [0.1, 0.15) is 20.8 Å². The lowest BCUT2D eigenvalue weighted by molar-refractivity contribution is -0.189. The van der Waals surface area contributed by atoms with Gasteiger partial charge in [-0.05, 0) is 18.1 Å². The molecular weight excluding hydrogens is 208 g/mol. The van der Waals surface area contributed by atoms with Crippen molar-refractivity contribution in [1.29, 1.82) is 0 Å². The molecule has 3 N–H and O–H groups in total. The van der Waals surface area contributed by atoms with Crippen LogP contribution in [-0.4, -0.2) is 31.8 Å². The predicted octanol–water partition coefficient (Wildman–Crippen LogP) is 0.352. The van der Waals surface area contributed by atoms with Crippen molar-refractivity contribution in [2.24, 2.45) is 0 Å². The van der Waals surface area contributed by atoms with Gasteiger partial charge in [0.05, 0.1) is 0 Å². The summed E-state index contributed by atoms with van der Waals surface area (Å²) in [5, 5.41) is 0. The van der Waals surface area contributed by atoms with Gasteiger partial charge in [-0.25, -0.2) is 4.58 Å². The van der Waals surface area contributed by atoms with Crippen LogP contribution in [0.3, 0.4) is 0 Å². The molecule has 13 heavy (non-hydrogen) atoms. The topological polar surface area (TPSA) is 79.2 Å². The van der Waals surface area contributed by atoms with Crippen LogP contribution in [-0.2, 0) is 9.15 Å². The first-order valence-corrected chi connectivity index (χ1v) is 8.71. The lowest BCUT2D eigenvalue weighted by Crippen LogP contribution is -2.45. The van der Waals surface area contributed by atoms with Gasteiger partial charge < -0.3 is 14.4 Å². The Balaban J connectivity index is 4.11. The molecule has 5 nitrogen and oxygen atoms in total. The lowest BCUT2D eigenvalue weighted by Gasteiger charge is -2.26. The zero-order chi connectivity index (χ0) is 10.5. The van der Waals surface area contributed by atoms with Crippen LogP contribution in [0.2, 0.25) is 18.1 Å².